The molecule has 1 aliphatic heterocycles. The van der Waals surface area contributed by atoms with Crippen molar-refractivity contribution in [3.05, 3.63) is 65.2 Å². The van der Waals surface area contributed by atoms with E-state index in [1.54, 1.807) is 0 Å². The lowest BCUT2D eigenvalue weighted by atomic mass is 9.96. The van der Waals surface area contributed by atoms with Crippen molar-refractivity contribution >= 4 is 17.6 Å². The second kappa shape index (κ2) is 8.46. The minimum Gasteiger partial charge on any atom is -0.335 e. The summed E-state index contributed by atoms with van der Waals surface area (Å²) < 4.78 is 0. The number of carbonyl (C=O) groups is 2. The third kappa shape index (κ3) is 4.19. The van der Waals surface area contributed by atoms with Crippen LogP contribution >= 0.6 is 0 Å². The summed E-state index contributed by atoms with van der Waals surface area (Å²) in [4.78, 5) is 26.7. The first-order valence-electron chi connectivity index (χ1n) is 10.2. The summed E-state index contributed by atoms with van der Waals surface area (Å²) in [6.07, 6.45) is 6.69. The van der Waals surface area contributed by atoms with Crippen molar-refractivity contribution in [2.45, 2.75) is 51.1 Å². The Morgan fingerprint density at radius 2 is 1.79 bits per heavy atom. The van der Waals surface area contributed by atoms with Crippen LogP contribution in [0.5, 0.6) is 0 Å². The maximum absolute atomic E-state index is 12.8. The van der Waals surface area contributed by atoms with Gasteiger partial charge in [-0.05, 0) is 48.6 Å². The van der Waals surface area contributed by atoms with E-state index in [9.17, 15) is 9.59 Å². The second-order valence-electron chi connectivity index (χ2n) is 7.70. The van der Waals surface area contributed by atoms with Gasteiger partial charge >= 0.3 is 6.03 Å². The van der Waals surface area contributed by atoms with E-state index < -0.39 is 0 Å². The van der Waals surface area contributed by atoms with Gasteiger partial charge in [0.15, 0.2) is 0 Å². The lowest BCUT2D eigenvalue weighted by molar-refractivity contribution is 0.0989. The van der Waals surface area contributed by atoms with Gasteiger partial charge in [0, 0.05) is 30.4 Å². The number of urea groups is 1. The highest BCUT2D eigenvalue weighted by molar-refractivity contribution is 6.07. The number of fused-ring (bicyclic) bond motifs is 1. The fraction of sp³-hybridized carbons (Fsp3) is 0.391. The van der Waals surface area contributed by atoms with Crippen molar-refractivity contribution in [2.24, 2.45) is 0 Å². The van der Waals surface area contributed by atoms with Crippen LogP contribution in [0.2, 0.25) is 0 Å². The first kappa shape index (κ1) is 18.5. The molecule has 0 spiro atoms. The molecule has 2 aromatic carbocycles. The molecule has 4 rings (SSSR count). The molecule has 2 aromatic rings. The third-order valence-electron chi connectivity index (χ3n) is 5.70. The van der Waals surface area contributed by atoms with Crippen LogP contribution in [-0.4, -0.2) is 24.5 Å². The first-order chi connectivity index (χ1) is 13.7. The Labute approximate surface area is 166 Å². The molecule has 1 fully saturated rings. The third-order valence-corrected chi connectivity index (χ3v) is 5.70. The Bertz CT molecular complexity index is 844. The number of nitrogens with zero attached hydrogens (tertiary/aromatic N) is 1. The van der Waals surface area contributed by atoms with Crippen LogP contribution in [0.15, 0.2) is 48.5 Å². The summed E-state index contributed by atoms with van der Waals surface area (Å²) in [5, 5.41) is 6.05. The van der Waals surface area contributed by atoms with Gasteiger partial charge in [-0.3, -0.25) is 4.79 Å². The average Bonchev–Trinajstić information content (AvgIpc) is 3.16. The predicted molar refractivity (Wildman–Crippen MR) is 111 cm³/mol. The van der Waals surface area contributed by atoms with Crippen molar-refractivity contribution in [3.8, 4) is 0 Å². The topological polar surface area (TPSA) is 61.4 Å². The zero-order valence-electron chi connectivity index (χ0n) is 16.1. The lowest BCUT2D eigenvalue weighted by Crippen LogP contribution is -2.42. The molecule has 0 radical (unpaired) electrons. The van der Waals surface area contributed by atoms with E-state index in [-0.39, 0.29) is 11.9 Å². The SMILES string of the molecule is O=C(NCc1ccc2c(c1)CCN2C(=O)c1ccccc1)NC1CCCCC1. The van der Waals surface area contributed by atoms with Gasteiger partial charge in [-0.1, -0.05) is 49.6 Å². The molecular formula is C23H27N3O2. The monoisotopic (exact) mass is 377 g/mol. The van der Waals surface area contributed by atoms with Crippen LogP contribution in [0, 0.1) is 0 Å². The van der Waals surface area contributed by atoms with Crippen LogP contribution < -0.4 is 15.5 Å². The Balaban J connectivity index is 1.35. The zero-order valence-corrected chi connectivity index (χ0v) is 16.1. The summed E-state index contributed by atoms with van der Waals surface area (Å²) in [6, 6.07) is 15.7. The van der Waals surface area contributed by atoms with Crippen LogP contribution in [-0.2, 0) is 13.0 Å². The van der Waals surface area contributed by atoms with E-state index in [4.69, 9.17) is 0 Å². The fourth-order valence-electron chi connectivity index (χ4n) is 4.18. The zero-order chi connectivity index (χ0) is 19.3. The van der Waals surface area contributed by atoms with E-state index in [1.807, 2.05) is 47.4 Å². The molecule has 0 bridgehead atoms. The van der Waals surface area contributed by atoms with Gasteiger partial charge in [-0.2, -0.15) is 0 Å². The summed E-state index contributed by atoms with van der Waals surface area (Å²) >= 11 is 0. The van der Waals surface area contributed by atoms with Crippen molar-refractivity contribution in [1.29, 1.82) is 0 Å². The molecule has 1 heterocycles. The molecular weight excluding hydrogens is 350 g/mol. The van der Waals surface area contributed by atoms with Gasteiger partial charge in [0.25, 0.3) is 5.91 Å². The molecule has 3 amide bonds. The molecule has 5 heteroatoms. The van der Waals surface area contributed by atoms with Gasteiger partial charge in [0.1, 0.15) is 0 Å². The summed E-state index contributed by atoms with van der Waals surface area (Å²) in [7, 11) is 0. The van der Waals surface area contributed by atoms with E-state index in [2.05, 4.69) is 16.7 Å². The van der Waals surface area contributed by atoms with Gasteiger partial charge in [-0.15, -0.1) is 0 Å². The number of carbonyl (C=O) groups excluding carboxylic acids is 2. The Hall–Kier alpha value is -2.82. The molecule has 0 aromatic heterocycles. The molecule has 5 nitrogen and oxygen atoms in total. The van der Waals surface area contributed by atoms with E-state index in [1.165, 1.54) is 19.3 Å². The number of nitrogens with one attached hydrogen (secondary N) is 2. The smallest absolute Gasteiger partial charge is 0.315 e. The number of amides is 3. The quantitative estimate of drug-likeness (QED) is 0.845. The summed E-state index contributed by atoms with van der Waals surface area (Å²) in [5.74, 6) is 0.0390. The van der Waals surface area contributed by atoms with Crippen LogP contribution in [0.3, 0.4) is 0 Å². The molecule has 2 N–H and O–H groups in total. The molecule has 28 heavy (non-hydrogen) atoms. The normalized spacial score (nSPS) is 16.5. The molecule has 0 atom stereocenters. The minimum absolute atomic E-state index is 0.0390. The van der Waals surface area contributed by atoms with Crippen molar-refractivity contribution in [1.82, 2.24) is 10.6 Å². The number of hydrogen-bond donors (Lipinski definition) is 2. The number of hydrogen-bond acceptors (Lipinski definition) is 2. The molecule has 1 aliphatic carbocycles. The largest absolute Gasteiger partial charge is 0.335 e. The van der Waals surface area contributed by atoms with Crippen molar-refractivity contribution in [2.75, 3.05) is 11.4 Å². The van der Waals surface area contributed by atoms with Gasteiger partial charge < -0.3 is 15.5 Å². The highest BCUT2D eigenvalue weighted by atomic mass is 16.2. The highest BCUT2D eigenvalue weighted by Crippen LogP contribution is 2.30. The minimum atomic E-state index is -0.0896. The standard InChI is InChI=1S/C23H27N3O2/c27-22(18-7-3-1-4-8-18)26-14-13-19-15-17(11-12-21(19)26)16-24-23(28)25-20-9-5-2-6-10-20/h1,3-4,7-8,11-12,15,20H,2,5-6,9-10,13-14,16H2,(H2,24,25,28). The number of rotatable bonds is 4. The fourth-order valence-corrected chi connectivity index (χ4v) is 4.18. The average molecular weight is 377 g/mol. The van der Waals surface area contributed by atoms with Crippen molar-refractivity contribution in [3.63, 3.8) is 0 Å². The van der Waals surface area contributed by atoms with Gasteiger partial charge in [-0.25, -0.2) is 4.79 Å². The van der Waals surface area contributed by atoms with Crippen molar-refractivity contribution < 1.29 is 9.59 Å². The molecule has 146 valence electrons. The van der Waals surface area contributed by atoms with Gasteiger partial charge in [0.05, 0.1) is 0 Å². The predicted octanol–water partition coefficient (Wildman–Crippen LogP) is 4.02. The van der Waals surface area contributed by atoms with E-state index >= 15 is 0 Å². The molecule has 0 saturated heterocycles. The van der Waals surface area contributed by atoms with E-state index in [0.717, 1.165) is 36.1 Å². The van der Waals surface area contributed by atoms with Crippen LogP contribution in [0.25, 0.3) is 0 Å². The van der Waals surface area contributed by atoms with E-state index in [0.29, 0.717) is 24.7 Å². The first-order valence-corrected chi connectivity index (χ1v) is 10.2. The summed E-state index contributed by atoms with van der Waals surface area (Å²) in [6.45, 7) is 1.20. The Kier molecular flexibility index (Phi) is 5.60. The molecule has 2 aliphatic rings. The Morgan fingerprint density at radius 1 is 1.00 bits per heavy atom. The molecule has 0 unspecified atom stereocenters. The van der Waals surface area contributed by atoms with Gasteiger partial charge in [0.2, 0.25) is 0 Å². The van der Waals surface area contributed by atoms with Crippen LogP contribution in [0.1, 0.15) is 53.6 Å². The lowest BCUT2D eigenvalue weighted by Gasteiger charge is -2.23. The van der Waals surface area contributed by atoms with Crippen LogP contribution in [0.4, 0.5) is 10.5 Å². The second-order valence-corrected chi connectivity index (χ2v) is 7.70. The maximum atomic E-state index is 12.8. The molecule has 1 saturated carbocycles. The number of anilines is 1. The highest BCUT2D eigenvalue weighted by Gasteiger charge is 2.25. The number of benzene rings is 2. The Morgan fingerprint density at radius 3 is 2.57 bits per heavy atom. The summed E-state index contributed by atoms with van der Waals surface area (Å²) in [5.41, 5.74) is 3.91. The maximum Gasteiger partial charge on any atom is 0.315 e.